The molecule has 0 N–H and O–H groups in total. The van der Waals surface area contributed by atoms with Crippen molar-refractivity contribution in [2.45, 2.75) is 12.6 Å². The fourth-order valence-electron chi connectivity index (χ4n) is 4.06. The van der Waals surface area contributed by atoms with Crippen LogP contribution in [0.4, 0.5) is 5.69 Å². The van der Waals surface area contributed by atoms with E-state index in [4.69, 9.17) is 21.1 Å². The standard InChI is InChI=1S/C24H23ClN4O4/c25-22-18(14-26-29(24(22)31)15-17-6-2-1-3-7-17)27-10-12-28(13-11-27)23(30)21-16-32-19-8-4-5-9-20(19)33-21/h1-9,14,21H,10-13,15-16H2/t21-/m1/s1. The second kappa shape index (κ2) is 9.15. The summed E-state index contributed by atoms with van der Waals surface area (Å²) < 4.78 is 12.9. The molecular formula is C24H23ClN4O4. The van der Waals surface area contributed by atoms with Crippen LogP contribution in [0.15, 0.2) is 65.6 Å². The molecule has 3 aromatic rings. The van der Waals surface area contributed by atoms with Crippen molar-refractivity contribution in [3.05, 3.63) is 81.7 Å². The smallest absolute Gasteiger partial charge is 0.287 e. The number of hydrogen-bond donors (Lipinski definition) is 0. The van der Waals surface area contributed by atoms with Gasteiger partial charge < -0.3 is 19.3 Å². The molecule has 1 saturated heterocycles. The van der Waals surface area contributed by atoms with Crippen LogP contribution in [0.3, 0.4) is 0 Å². The molecular weight excluding hydrogens is 444 g/mol. The molecule has 0 saturated carbocycles. The summed E-state index contributed by atoms with van der Waals surface area (Å²) in [4.78, 5) is 29.5. The lowest BCUT2D eigenvalue weighted by molar-refractivity contribution is -0.141. The molecule has 2 aromatic carbocycles. The number of carbonyl (C=O) groups excluding carboxylic acids is 1. The predicted molar refractivity (Wildman–Crippen MR) is 124 cm³/mol. The number of hydrogen-bond acceptors (Lipinski definition) is 6. The lowest BCUT2D eigenvalue weighted by atomic mass is 10.2. The first-order valence-corrected chi connectivity index (χ1v) is 11.2. The van der Waals surface area contributed by atoms with E-state index >= 15 is 0 Å². The Balaban J connectivity index is 1.22. The predicted octanol–water partition coefficient (Wildman–Crippen LogP) is 2.43. The molecule has 2 aliphatic heterocycles. The number of halogens is 1. The van der Waals surface area contributed by atoms with Gasteiger partial charge in [-0.2, -0.15) is 5.10 Å². The second-order valence-electron chi connectivity index (χ2n) is 7.97. The van der Waals surface area contributed by atoms with E-state index in [1.807, 2.05) is 53.4 Å². The van der Waals surface area contributed by atoms with Crippen LogP contribution in [0.5, 0.6) is 11.5 Å². The number of anilines is 1. The fraction of sp³-hybridized carbons (Fsp3) is 0.292. The Morgan fingerprint density at radius 2 is 1.70 bits per heavy atom. The number of aromatic nitrogens is 2. The van der Waals surface area contributed by atoms with E-state index in [0.29, 0.717) is 49.9 Å². The third kappa shape index (κ3) is 4.39. The van der Waals surface area contributed by atoms with Gasteiger partial charge >= 0.3 is 0 Å². The monoisotopic (exact) mass is 466 g/mol. The van der Waals surface area contributed by atoms with Gasteiger partial charge in [0.1, 0.15) is 11.6 Å². The van der Waals surface area contributed by atoms with Crippen molar-refractivity contribution in [3.63, 3.8) is 0 Å². The van der Waals surface area contributed by atoms with Gasteiger partial charge in [0, 0.05) is 26.2 Å². The topological polar surface area (TPSA) is 76.9 Å². The summed E-state index contributed by atoms with van der Waals surface area (Å²) in [5.41, 5.74) is 1.23. The highest BCUT2D eigenvalue weighted by molar-refractivity contribution is 6.33. The summed E-state index contributed by atoms with van der Waals surface area (Å²) in [6, 6.07) is 17.0. The molecule has 2 aliphatic rings. The molecule has 0 radical (unpaired) electrons. The number of fused-ring (bicyclic) bond motifs is 1. The van der Waals surface area contributed by atoms with E-state index in [9.17, 15) is 9.59 Å². The molecule has 3 heterocycles. The highest BCUT2D eigenvalue weighted by Crippen LogP contribution is 2.31. The van der Waals surface area contributed by atoms with Gasteiger partial charge in [0.05, 0.1) is 18.4 Å². The molecule has 1 fully saturated rings. The van der Waals surface area contributed by atoms with E-state index in [2.05, 4.69) is 5.10 Å². The summed E-state index contributed by atoms with van der Waals surface area (Å²) in [7, 11) is 0. The summed E-state index contributed by atoms with van der Waals surface area (Å²) in [6.45, 7) is 2.60. The van der Waals surface area contributed by atoms with Crippen LogP contribution < -0.4 is 19.9 Å². The van der Waals surface area contributed by atoms with Crippen molar-refractivity contribution in [2.75, 3.05) is 37.7 Å². The largest absolute Gasteiger partial charge is 0.485 e. The van der Waals surface area contributed by atoms with Crippen molar-refractivity contribution in [1.82, 2.24) is 14.7 Å². The zero-order valence-electron chi connectivity index (χ0n) is 17.9. The van der Waals surface area contributed by atoms with Crippen LogP contribution in [0, 0.1) is 0 Å². The quantitative estimate of drug-likeness (QED) is 0.588. The van der Waals surface area contributed by atoms with E-state index in [1.165, 1.54) is 4.68 Å². The van der Waals surface area contributed by atoms with Crippen molar-refractivity contribution in [1.29, 1.82) is 0 Å². The molecule has 9 heteroatoms. The third-order valence-corrected chi connectivity index (χ3v) is 6.21. The van der Waals surface area contributed by atoms with Gasteiger partial charge in [0.15, 0.2) is 11.5 Å². The fourth-order valence-corrected chi connectivity index (χ4v) is 4.32. The molecule has 5 rings (SSSR count). The molecule has 170 valence electrons. The molecule has 0 unspecified atom stereocenters. The number of carbonyl (C=O) groups is 1. The molecule has 0 spiro atoms. The van der Waals surface area contributed by atoms with E-state index in [0.717, 1.165) is 5.56 Å². The number of ether oxygens (including phenoxy) is 2. The van der Waals surface area contributed by atoms with Crippen LogP contribution >= 0.6 is 11.6 Å². The average molecular weight is 467 g/mol. The highest BCUT2D eigenvalue weighted by Gasteiger charge is 2.33. The van der Waals surface area contributed by atoms with Crippen molar-refractivity contribution in [2.24, 2.45) is 0 Å². The molecule has 33 heavy (non-hydrogen) atoms. The van der Waals surface area contributed by atoms with Crippen LogP contribution in [-0.2, 0) is 11.3 Å². The first-order valence-electron chi connectivity index (χ1n) is 10.8. The van der Waals surface area contributed by atoms with Crippen molar-refractivity contribution in [3.8, 4) is 11.5 Å². The minimum Gasteiger partial charge on any atom is -0.485 e. The average Bonchev–Trinajstić information content (AvgIpc) is 2.87. The first-order chi connectivity index (χ1) is 16.1. The Morgan fingerprint density at radius 1 is 1.00 bits per heavy atom. The Kier molecular flexibility index (Phi) is 5.92. The van der Waals surface area contributed by atoms with E-state index < -0.39 is 6.10 Å². The third-order valence-electron chi connectivity index (χ3n) is 5.86. The van der Waals surface area contributed by atoms with Gasteiger partial charge in [-0.05, 0) is 17.7 Å². The van der Waals surface area contributed by atoms with Gasteiger partial charge in [0.2, 0.25) is 6.10 Å². The zero-order valence-corrected chi connectivity index (χ0v) is 18.6. The maximum Gasteiger partial charge on any atom is 0.287 e. The van der Waals surface area contributed by atoms with Crippen LogP contribution in [0.25, 0.3) is 0 Å². The molecule has 0 aliphatic carbocycles. The summed E-state index contributed by atoms with van der Waals surface area (Å²) in [5.74, 6) is 1.12. The molecule has 1 amide bonds. The summed E-state index contributed by atoms with van der Waals surface area (Å²) >= 11 is 6.43. The van der Waals surface area contributed by atoms with Gasteiger partial charge in [-0.25, -0.2) is 4.68 Å². The number of rotatable bonds is 4. The maximum atomic E-state index is 13.0. The first kappa shape index (κ1) is 21.3. The molecule has 8 nitrogen and oxygen atoms in total. The summed E-state index contributed by atoms with van der Waals surface area (Å²) in [6.07, 6.45) is 0.956. The lowest BCUT2D eigenvalue weighted by Crippen LogP contribution is -2.54. The van der Waals surface area contributed by atoms with Gasteiger partial charge in [-0.15, -0.1) is 0 Å². The minimum atomic E-state index is -0.668. The number of benzene rings is 2. The molecule has 0 bridgehead atoms. The van der Waals surface area contributed by atoms with Gasteiger partial charge in [-0.1, -0.05) is 54.1 Å². The molecule has 1 aromatic heterocycles. The minimum absolute atomic E-state index is 0.105. The van der Waals surface area contributed by atoms with Crippen LogP contribution in [-0.4, -0.2) is 59.5 Å². The Labute approximate surface area is 195 Å². The number of amides is 1. The van der Waals surface area contributed by atoms with Gasteiger partial charge in [0.25, 0.3) is 11.5 Å². The summed E-state index contributed by atoms with van der Waals surface area (Å²) in [5, 5.41) is 4.46. The van der Waals surface area contributed by atoms with E-state index in [1.54, 1.807) is 17.2 Å². The Bertz CT molecular complexity index is 1210. The van der Waals surface area contributed by atoms with Gasteiger partial charge in [-0.3, -0.25) is 9.59 Å². The van der Waals surface area contributed by atoms with Crippen LogP contribution in [0.2, 0.25) is 5.02 Å². The Morgan fingerprint density at radius 3 is 2.45 bits per heavy atom. The number of para-hydroxylation sites is 2. The Hall–Kier alpha value is -3.52. The maximum absolute atomic E-state index is 13.0. The van der Waals surface area contributed by atoms with Crippen LogP contribution in [0.1, 0.15) is 5.56 Å². The van der Waals surface area contributed by atoms with Crippen molar-refractivity contribution < 1.29 is 14.3 Å². The normalized spacial score (nSPS) is 17.7. The molecule has 1 atom stereocenters. The SMILES string of the molecule is O=C([C@H]1COc2ccccc2O1)N1CCN(c2cnn(Cc3ccccc3)c(=O)c2Cl)CC1. The number of nitrogens with zero attached hydrogens (tertiary/aromatic N) is 4. The van der Waals surface area contributed by atoms with E-state index in [-0.39, 0.29) is 23.1 Å². The highest BCUT2D eigenvalue weighted by atomic mass is 35.5. The number of piperazine rings is 1. The lowest BCUT2D eigenvalue weighted by Gasteiger charge is -2.38. The zero-order chi connectivity index (χ0) is 22.8. The van der Waals surface area contributed by atoms with Crippen molar-refractivity contribution >= 4 is 23.2 Å². The second-order valence-corrected chi connectivity index (χ2v) is 8.35.